The predicted molar refractivity (Wildman–Crippen MR) is 87.2 cm³/mol. The normalized spacial score (nSPS) is 18.2. The van der Waals surface area contributed by atoms with E-state index in [-0.39, 0.29) is 0 Å². The van der Waals surface area contributed by atoms with Gasteiger partial charge in [-0.25, -0.2) is 0 Å². The van der Waals surface area contributed by atoms with E-state index in [0.29, 0.717) is 12.1 Å². The van der Waals surface area contributed by atoms with Gasteiger partial charge in [-0.05, 0) is 59.1 Å². The molecule has 1 aromatic carbocycles. The quantitative estimate of drug-likeness (QED) is 0.782. The van der Waals surface area contributed by atoms with Crippen LogP contribution >= 0.6 is 0 Å². The summed E-state index contributed by atoms with van der Waals surface area (Å²) in [4.78, 5) is 2.53. The Kier molecular flexibility index (Phi) is 5.62. The fourth-order valence-electron chi connectivity index (χ4n) is 2.71. The highest BCUT2D eigenvalue weighted by Crippen LogP contribution is 2.26. The van der Waals surface area contributed by atoms with E-state index in [1.807, 2.05) is 0 Å². The molecule has 0 aromatic heterocycles. The summed E-state index contributed by atoms with van der Waals surface area (Å²) in [6.07, 6.45) is 5.17. The van der Waals surface area contributed by atoms with Crippen molar-refractivity contribution in [1.82, 2.24) is 10.2 Å². The Bertz CT molecular complexity index is 412. The van der Waals surface area contributed by atoms with Gasteiger partial charge in [0.2, 0.25) is 0 Å². The largest absolute Gasteiger partial charge is 0.313 e. The van der Waals surface area contributed by atoms with Crippen molar-refractivity contribution in [3.05, 3.63) is 35.4 Å². The molecule has 2 heteroatoms. The zero-order valence-corrected chi connectivity index (χ0v) is 13.5. The molecule has 1 aromatic rings. The molecule has 112 valence electrons. The van der Waals surface area contributed by atoms with Gasteiger partial charge in [-0.3, -0.25) is 4.90 Å². The van der Waals surface area contributed by atoms with Gasteiger partial charge in [0, 0.05) is 24.7 Å². The van der Waals surface area contributed by atoms with Crippen LogP contribution in [0.4, 0.5) is 0 Å². The molecule has 2 nitrogen and oxygen atoms in total. The third-order valence-electron chi connectivity index (χ3n) is 4.53. The van der Waals surface area contributed by atoms with Crippen molar-refractivity contribution >= 4 is 0 Å². The molecule has 1 saturated carbocycles. The van der Waals surface area contributed by atoms with Gasteiger partial charge in [-0.2, -0.15) is 0 Å². The van der Waals surface area contributed by atoms with E-state index in [9.17, 15) is 0 Å². The molecule has 20 heavy (non-hydrogen) atoms. The molecule has 2 rings (SSSR count). The molecule has 0 radical (unpaired) electrons. The molecule has 1 aliphatic carbocycles. The molecule has 2 unspecified atom stereocenters. The van der Waals surface area contributed by atoms with Crippen LogP contribution in [0.3, 0.4) is 0 Å². The van der Waals surface area contributed by atoms with Crippen LogP contribution in [0, 0.1) is 6.92 Å². The third kappa shape index (κ3) is 4.92. The molecule has 0 bridgehead atoms. The second-order valence-corrected chi connectivity index (χ2v) is 6.58. The van der Waals surface area contributed by atoms with Gasteiger partial charge in [0.25, 0.3) is 0 Å². The molecule has 1 fully saturated rings. The molecule has 0 saturated heterocycles. The number of nitrogens with zero attached hydrogens (tertiary/aromatic N) is 1. The van der Waals surface area contributed by atoms with Crippen LogP contribution in [-0.4, -0.2) is 36.6 Å². The first-order valence-electron chi connectivity index (χ1n) is 8.07. The molecule has 0 aliphatic heterocycles. The molecule has 2 atom stereocenters. The highest BCUT2D eigenvalue weighted by molar-refractivity contribution is 5.22. The first-order chi connectivity index (χ1) is 9.56. The Morgan fingerprint density at radius 3 is 2.70 bits per heavy atom. The van der Waals surface area contributed by atoms with Crippen LogP contribution < -0.4 is 5.32 Å². The standard InChI is InChI=1S/C18H30N2/c1-14-6-5-7-17(12-14)9-8-15(2)19-13-16(3)20(4)18-10-11-18/h5-7,12,15-16,18-19H,8-11,13H2,1-4H3. The van der Waals surface area contributed by atoms with Crippen LogP contribution in [0.25, 0.3) is 0 Å². The van der Waals surface area contributed by atoms with E-state index >= 15 is 0 Å². The van der Waals surface area contributed by atoms with E-state index in [4.69, 9.17) is 0 Å². The predicted octanol–water partition coefficient (Wildman–Crippen LogP) is 3.39. The lowest BCUT2D eigenvalue weighted by Crippen LogP contribution is -2.42. The summed E-state index contributed by atoms with van der Waals surface area (Å²) < 4.78 is 0. The molecule has 0 spiro atoms. The molecular weight excluding hydrogens is 244 g/mol. The zero-order chi connectivity index (χ0) is 14.5. The van der Waals surface area contributed by atoms with Gasteiger partial charge >= 0.3 is 0 Å². The van der Waals surface area contributed by atoms with Crippen LogP contribution in [0.2, 0.25) is 0 Å². The third-order valence-corrected chi connectivity index (χ3v) is 4.53. The highest BCUT2D eigenvalue weighted by atomic mass is 15.2. The van der Waals surface area contributed by atoms with Crippen molar-refractivity contribution in [2.75, 3.05) is 13.6 Å². The summed E-state index contributed by atoms with van der Waals surface area (Å²) in [5.41, 5.74) is 2.82. The lowest BCUT2D eigenvalue weighted by molar-refractivity contribution is 0.235. The fourth-order valence-corrected chi connectivity index (χ4v) is 2.71. The van der Waals surface area contributed by atoms with Gasteiger partial charge in [0.1, 0.15) is 0 Å². The Balaban J connectivity index is 1.66. The molecule has 0 heterocycles. The van der Waals surface area contributed by atoms with Gasteiger partial charge < -0.3 is 5.32 Å². The Labute approximate surface area is 124 Å². The first-order valence-corrected chi connectivity index (χ1v) is 8.07. The lowest BCUT2D eigenvalue weighted by Gasteiger charge is -2.26. The van der Waals surface area contributed by atoms with Crippen LogP contribution in [0.1, 0.15) is 44.2 Å². The minimum absolute atomic E-state index is 0.588. The topological polar surface area (TPSA) is 15.3 Å². The Morgan fingerprint density at radius 1 is 1.30 bits per heavy atom. The fraction of sp³-hybridized carbons (Fsp3) is 0.667. The van der Waals surface area contributed by atoms with Gasteiger partial charge in [0.05, 0.1) is 0 Å². The van der Waals surface area contributed by atoms with Crippen molar-refractivity contribution in [3.63, 3.8) is 0 Å². The smallest absolute Gasteiger partial charge is 0.0192 e. The van der Waals surface area contributed by atoms with E-state index in [1.165, 1.54) is 36.8 Å². The van der Waals surface area contributed by atoms with Crippen LogP contribution in [-0.2, 0) is 6.42 Å². The highest BCUT2D eigenvalue weighted by Gasteiger charge is 2.28. The van der Waals surface area contributed by atoms with Gasteiger partial charge in [0.15, 0.2) is 0 Å². The number of aryl methyl sites for hydroxylation is 2. The summed E-state index contributed by atoms with van der Waals surface area (Å²) in [6, 6.07) is 11.0. The molecular formula is C18H30N2. The van der Waals surface area contributed by atoms with Crippen LogP contribution in [0.5, 0.6) is 0 Å². The van der Waals surface area contributed by atoms with E-state index in [1.54, 1.807) is 0 Å². The summed E-state index contributed by atoms with van der Waals surface area (Å²) >= 11 is 0. The Morgan fingerprint density at radius 2 is 2.05 bits per heavy atom. The molecule has 0 amide bonds. The van der Waals surface area contributed by atoms with Gasteiger partial charge in [-0.1, -0.05) is 29.8 Å². The average Bonchev–Trinajstić information content (AvgIpc) is 3.26. The van der Waals surface area contributed by atoms with E-state index in [2.05, 4.69) is 62.3 Å². The second kappa shape index (κ2) is 7.24. The maximum Gasteiger partial charge on any atom is 0.0192 e. The van der Waals surface area contributed by atoms with Crippen molar-refractivity contribution in [2.24, 2.45) is 0 Å². The SMILES string of the molecule is Cc1cccc(CCC(C)NCC(C)N(C)C2CC2)c1. The number of benzene rings is 1. The minimum atomic E-state index is 0.588. The maximum atomic E-state index is 3.69. The number of likely N-dealkylation sites (N-methyl/N-ethyl adjacent to an activating group) is 1. The monoisotopic (exact) mass is 274 g/mol. The second-order valence-electron chi connectivity index (χ2n) is 6.58. The first kappa shape index (κ1) is 15.5. The number of nitrogens with one attached hydrogen (secondary N) is 1. The van der Waals surface area contributed by atoms with Crippen molar-refractivity contribution < 1.29 is 0 Å². The molecule has 1 aliphatic rings. The molecule has 1 N–H and O–H groups in total. The summed E-state index contributed by atoms with van der Waals surface area (Å²) in [6.45, 7) is 7.90. The van der Waals surface area contributed by atoms with Crippen LogP contribution in [0.15, 0.2) is 24.3 Å². The van der Waals surface area contributed by atoms with Crippen molar-refractivity contribution in [1.29, 1.82) is 0 Å². The summed E-state index contributed by atoms with van der Waals surface area (Å²) in [5, 5.41) is 3.69. The maximum absolute atomic E-state index is 3.69. The van der Waals surface area contributed by atoms with Gasteiger partial charge in [-0.15, -0.1) is 0 Å². The summed E-state index contributed by atoms with van der Waals surface area (Å²) in [7, 11) is 2.27. The average molecular weight is 274 g/mol. The van der Waals surface area contributed by atoms with E-state index in [0.717, 1.165) is 12.6 Å². The number of rotatable bonds is 8. The Hall–Kier alpha value is -0.860. The number of hydrogen-bond acceptors (Lipinski definition) is 2. The zero-order valence-electron chi connectivity index (χ0n) is 13.5. The van der Waals surface area contributed by atoms with E-state index < -0.39 is 0 Å². The van der Waals surface area contributed by atoms with Crippen molar-refractivity contribution in [2.45, 2.75) is 64.6 Å². The minimum Gasteiger partial charge on any atom is -0.313 e. The van der Waals surface area contributed by atoms with Crippen molar-refractivity contribution in [3.8, 4) is 0 Å². The summed E-state index contributed by atoms with van der Waals surface area (Å²) in [5.74, 6) is 0. The lowest BCUT2D eigenvalue weighted by atomic mass is 10.0. The number of hydrogen-bond donors (Lipinski definition) is 1.